The zero-order valence-electron chi connectivity index (χ0n) is 7.16. The Labute approximate surface area is 91.4 Å². The number of hydrogen-bond donors (Lipinski definition) is 1. The van der Waals surface area contributed by atoms with E-state index in [1.54, 1.807) is 0 Å². The van der Waals surface area contributed by atoms with Gasteiger partial charge in [0.05, 0.1) is 12.2 Å². The van der Waals surface area contributed by atoms with E-state index in [2.05, 4.69) is 22.9 Å². The van der Waals surface area contributed by atoms with Gasteiger partial charge in [-0.1, -0.05) is 0 Å². The van der Waals surface area contributed by atoms with Crippen LogP contribution < -0.4 is 4.72 Å². The lowest BCUT2D eigenvalue weighted by Crippen LogP contribution is -2.35. The molecular weight excluding hydrogens is 307 g/mol. The molecule has 13 heavy (non-hydrogen) atoms. The lowest BCUT2D eigenvalue weighted by molar-refractivity contribution is -0.122. The third-order valence-electron chi connectivity index (χ3n) is 1.80. The fourth-order valence-electron chi connectivity index (χ4n) is 1.20. The number of hydrogen-bond acceptors (Lipinski definition) is 4. The molecule has 0 saturated carbocycles. The molecule has 1 saturated heterocycles. The topological polar surface area (TPSA) is 66.5 Å². The normalized spacial score (nSPS) is 24.6. The molecule has 1 aliphatic rings. The number of carbonyl (C=O) groups is 1. The average molecular weight is 318 g/mol. The van der Waals surface area contributed by atoms with Crippen molar-refractivity contribution < 1.29 is 13.2 Å². The van der Waals surface area contributed by atoms with Crippen LogP contribution in [0.4, 0.5) is 0 Å². The van der Waals surface area contributed by atoms with Gasteiger partial charge < -0.3 is 0 Å². The highest BCUT2D eigenvalue weighted by Crippen LogP contribution is 2.19. The highest BCUT2D eigenvalue weighted by molar-refractivity contribution is 14.1. The number of sulfonamides is 1. The number of amides is 1. The van der Waals surface area contributed by atoms with E-state index < -0.39 is 10.0 Å². The highest BCUT2D eigenvalue weighted by atomic mass is 127. The Morgan fingerprint density at radius 1 is 1.62 bits per heavy atom. The summed E-state index contributed by atoms with van der Waals surface area (Å²) in [5.41, 5.74) is 0. The van der Waals surface area contributed by atoms with Crippen molar-refractivity contribution in [3.8, 4) is 0 Å². The number of nitrogens with zero attached hydrogens (tertiary/aromatic N) is 1. The maximum absolute atomic E-state index is 11.3. The smallest absolute Gasteiger partial charge is 0.237 e. The Kier molecular flexibility index (Phi) is 3.52. The molecule has 1 N–H and O–H groups in total. The van der Waals surface area contributed by atoms with Crippen molar-refractivity contribution in [2.75, 3.05) is 19.3 Å². The van der Waals surface area contributed by atoms with Crippen LogP contribution in [0.2, 0.25) is 0 Å². The Morgan fingerprint density at radius 3 is 2.62 bits per heavy atom. The van der Waals surface area contributed by atoms with Crippen molar-refractivity contribution in [2.24, 2.45) is 5.92 Å². The van der Waals surface area contributed by atoms with Crippen LogP contribution in [0, 0.1) is 5.92 Å². The summed E-state index contributed by atoms with van der Waals surface area (Å²) in [7, 11) is -3.40. The molecule has 0 radical (unpaired) electrons. The van der Waals surface area contributed by atoms with Crippen LogP contribution in [0.3, 0.4) is 0 Å². The number of rotatable bonds is 2. The van der Waals surface area contributed by atoms with Crippen LogP contribution in [0.15, 0.2) is 0 Å². The molecule has 76 valence electrons. The number of carbonyl (C=O) groups excluding carboxylic acids is 1. The first-order chi connectivity index (χ1) is 5.88. The predicted molar refractivity (Wildman–Crippen MR) is 56.7 cm³/mol. The van der Waals surface area contributed by atoms with Crippen LogP contribution in [0.1, 0.15) is 6.42 Å². The summed E-state index contributed by atoms with van der Waals surface area (Å²) in [5, 5.41) is 0. The van der Waals surface area contributed by atoms with Crippen molar-refractivity contribution in [1.82, 2.24) is 7.84 Å². The summed E-state index contributed by atoms with van der Waals surface area (Å²) in [5.74, 6) is -0.576. The van der Waals surface area contributed by atoms with Gasteiger partial charge in [-0.15, -0.1) is 0 Å². The standard InChI is InChI=1S/C6H11IN2O3S/c1-13(11,12)8-6(10)5-2-3-9(7)4-5/h5H,2-4H2,1H3,(H,8,10). The SMILES string of the molecule is CS(=O)(=O)NC(=O)C1CCN(I)C1. The van der Waals surface area contributed by atoms with Gasteiger partial charge in [-0.2, -0.15) is 0 Å². The molecule has 0 aromatic carbocycles. The molecule has 1 atom stereocenters. The van der Waals surface area contributed by atoms with Gasteiger partial charge in [-0.05, 0) is 6.42 Å². The summed E-state index contributed by atoms with van der Waals surface area (Å²) >= 11 is 2.12. The van der Waals surface area contributed by atoms with Gasteiger partial charge in [-0.3, -0.25) is 9.52 Å². The third-order valence-corrected chi connectivity index (χ3v) is 3.24. The molecule has 1 heterocycles. The van der Waals surface area contributed by atoms with Gasteiger partial charge >= 0.3 is 0 Å². The third kappa shape index (κ3) is 3.77. The van der Waals surface area contributed by atoms with Crippen LogP contribution in [-0.4, -0.2) is 36.8 Å². The van der Waals surface area contributed by atoms with E-state index in [-0.39, 0.29) is 11.8 Å². The number of nitrogens with one attached hydrogen (secondary N) is 1. The molecule has 5 nitrogen and oxygen atoms in total. The molecular formula is C6H11IN2O3S. The quantitative estimate of drug-likeness (QED) is 0.562. The molecule has 1 rings (SSSR count). The lowest BCUT2D eigenvalue weighted by atomic mass is 10.1. The highest BCUT2D eigenvalue weighted by Gasteiger charge is 2.28. The molecule has 0 spiro atoms. The van der Waals surface area contributed by atoms with Gasteiger partial charge in [0, 0.05) is 36.0 Å². The Hall–Kier alpha value is 0.110. The van der Waals surface area contributed by atoms with Crippen LogP contribution in [0.5, 0.6) is 0 Å². The van der Waals surface area contributed by atoms with Gasteiger partial charge in [0.2, 0.25) is 15.9 Å². The van der Waals surface area contributed by atoms with Gasteiger partial charge in [-0.25, -0.2) is 11.5 Å². The molecule has 0 aliphatic carbocycles. The Bertz CT molecular complexity index is 303. The minimum absolute atomic E-state index is 0.188. The lowest BCUT2D eigenvalue weighted by Gasteiger charge is -2.08. The molecule has 0 bridgehead atoms. The van der Waals surface area contributed by atoms with Crippen LogP contribution >= 0.6 is 22.9 Å². The largest absolute Gasteiger partial charge is 0.274 e. The van der Waals surface area contributed by atoms with Gasteiger partial charge in [0.25, 0.3) is 0 Å². The van der Waals surface area contributed by atoms with E-state index in [9.17, 15) is 13.2 Å². The fourth-order valence-corrected chi connectivity index (χ4v) is 2.48. The van der Waals surface area contributed by atoms with E-state index >= 15 is 0 Å². The Morgan fingerprint density at radius 2 is 2.23 bits per heavy atom. The van der Waals surface area contributed by atoms with Crippen LogP contribution in [-0.2, 0) is 14.8 Å². The maximum Gasteiger partial charge on any atom is 0.237 e. The van der Waals surface area contributed by atoms with E-state index in [0.29, 0.717) is 6.54 Å². The average Bonchev–Trinajstić information content (AvgIpc) is 2.31. The monoisotopic (exact) mass is 318 g/mol. The molecule has 1 fully saturated rings. The van der Waals surface area contributed by atoms with E-state index in [1.165, 1.54) is 0 Å². The molecule has 1 unspecified atom stereocenters. The molecule has 1 amide bonds. The maximum atomic E-state index is 11.3. The van der Waals surface area contributed by atoms with E-state index in [1.807, 2.05) is 7.84 Å². The Balaban J connectivity index is 2.50. The van der Waals surface area contributed by atoms with Crippen molar-refractivity contribution in [3.05, 3.63) is 0 Å². The first-order valence-corrected chi connectivity index (χ1v) is 6.66. The second-order valence-electron chi connectivity index (χ2n) is 3.09. The molecule has 7 heteroatoms. The number of halogens is 1. The van der Waals surface area contributed by atoms with Gasteiger partial charge in [0.1, 0.15) is 0 Å². The summed E-state index contributed by atoms with van der Waals surface area (Å²) in [6, 6.07) is 0. The summed E-state index contributed by atoms with van der Waals surface area (Å²) in [6.45, 7) is 1.46. The summed E-state index contributed by atoms with van der Waals surface area (Å²) < 4.78 is 25.4. The minimum atomic E-state index is -3.40. The first-order valence-electron chi connectivity index (χ1n) is 3.81. The molecule has 0 aromatic rings. The van der Waals surface area contributed by atoms with E-state index in [0.717, 1.165) is 19.2 Å². The molecule has 1 aliphatic heterocycles. The fraction of sp³-hybridized carbons (Fsp3) is 0.833. The van der Waals surface area contributed by atoms with Crippen molar-refractivity contribution in [1.29, 1.82) is 0 Å². The van der Waals surface area contributed by atoms with Crippen LogP contribution in [0.25, 0.3) is 0 Å². The van der Waals surface area contributed by atoms with E-state index in [4.69, 9.17) is 0 Å². The van der Waals surface area contributed by atoms with Gasteiger partial charge in [0.15, 0.2) is 0 Å². The zero-order valence-corrected chi connectivity index (χ0v) is 10.1. The second kappa shape index (κ2) is 4.09. The zero-order chi connectivity index (χ0) is 10.1. The predicted octanol–water partition coefficient (Wildman–Crippen LogP) is -0.266. The molecule has 0 aromatic heterocycles. The minimum Gasteiger partial charge on any atom is -0.274 e. The second-order valence-corrected chi connectivity index (χ2v) is 6.21. The van der Waals surface area contributed by atoms with Crippen molar-refractivity contribution in [3.63, 3.8) is 0 Å². The van der Waals surface area contributed by atoms with Crippen molar-refractivity contribution in [2.45, 2.75) is 6.42 Å². The summed E-state index contributed by atoms with van der Waals surface area (Å²) in [6.07, 6.45) is 1.71. The summed E-state index contributed by atoms with van der Waals surface area (Å²) in [4.78, 5) is 11.3. The van der Waals surface area contributed by atoms with Crippen molar-refractivity contribution >= 4 is 38.8 Å². The first kappa shape index (κ1) is 11.2.